The number of hydrogen-bond acceptors (Lipinski definition) is 15. The minimum Gasteiger partial charge on any atom is -0.462 e. The first-order valence-corrected chi connectivity index (χ1v) is 22.6. The van der Waals surface area contributed by atoms with E-state index in [2.05, 4.69) is 18.7 Å². The summed E-state index contributed by atoms with van der Waals surface area (Å²) in [5.74, 6) is -1.46. The van der Waals surface area contributed by atoms with Gasteiger partial charge in [0, 0.05) is 45.1 Å². The lowest BCUT2D eigenvalue weighted by Gasteiger charge is -2.47. The summed E-state index contributed by atoms with van der Waals surface area (Å²) in [4.78, 5) is 32.1. The molecule has 4 N–H and O–H groups in total. The SMILES string of the molecule is CC[C@H]1OC(=O)C[C@@H](O)[C@@H](C)[C@@H](O[C@@H]2O[C@H](C)[C@@H](O)[C@H](N(C)C)[C@H]2O)[C@@H](CCN2C[C@H](C)C[C@H](C)C2)C[C@@H](C)C(=O)/C=C\C(C)=C\[C@@H]1CO[C@@H]1O[C@H](C)[C@@H](O)[C@@H](OC)[C@H]1OC. The van der Waals surface area contributed by atoms with Gasteiger partial charge in [0.05, 0.1) is 49.6 Å². The normalized spacial score (nSPS) is 44.3. The maximum atomic E-state index is 14.0. The third-order valence-electron chi connectivity index (χ3n) is 13.5. The molecule has 0 spiro atoms. The number of ether oxygens (including phenoxy) is 7. The lowest BCUT2D eigenvalue weighted by atomic mass is 9.79. The number of methoxy groups -OCH3 is 2. The van der Waals surface area contributed by atoms with E-state index in [1.807, 2.05) is 33.8 Å². The zero-order valence-electron chi connectivity index (χ0n) is 38.9. The number of cyclic esters (lactones) is 1. The quantitative estimate of drug-likeness (QED) is 0.209. The van der Waals surface area contributed by atoms with E-state index in [0.717, 1.165) is 25.2 Å². The second-order valence-electron chi connectivity index (χ2n) is 18.9. The van der Waals surface area contributed by atoms with Crippen LogP contribution in [0.4, 0.5) is 0 Å². The molecule has 3 saturated heterocycles. The summed E-state index contributed by atoms with van der Waals surface area (Å²) in [5.41, 5.74) is 0.761. The molecule has 61 heavy (non-hydrogen) atoms. The maximum Gasteiger partial charge on any atom is 0.308 e. The largest absolute Gasteiger partial charge is 0.462 e. The van der Waals surface area contributed by atoms with Crippen LogP contribution in [-0.2, 0) is 42.7 Å². The van der Waals surface area contributed by atoms with Crippen LogP contribution >= 0.6 is 0 Å². The molecule has 15 heteroatoms. The fourth-order valence-electron chi connectivity index (χ4n) is 10.0. The molecule has 19 atom stereocenters. The lowest BCUT2D eigenvalue weighted by Crippen LogP contribution is -2.63. The van der Waals surface area contributed by atoms with Gasteiger partial charge in [-0.25, -0.2) is 0 Å². The van der Waals surface area contributed by atoms with Crippen molar-refractivity contribution in [3.05, 3.63) is 23.8 Å². The first-order chi connectivity index (χ1) is 28.8. The topological polar surface area (TPSA) is 186 Å². The van der Waals surface area contributed by atoms with Gasteiger partial charge < -0.3 is 63.4 Å². The summed E-state index contributed by atoms with van der Waals surface area (Å²) in [6, 6.07) is -0.684. The smallest absolute Gasteiger partial charge is 0.308 e. The molecule has 4 rings (SSSR count). The highest BCUT2D eigenvalue weighted by atomic mass is 16.7. The van der Waals surface area contributed by atoms with Crippen LogP contribution in [0.1, 0.15) is 87.5 Å². The van der Waals surface area contributed by atoms with E-state index in [-0.39, 0.29) is 24.7 Å². The van der Waals surface area contributed by atoms with Crippen LogP contribution < -0.4 is 0 Å². The first-order valence-electron chi connectivity index (χ1n) is 22.6. The minimum atomic E-state index is -1.23. The highest BCUT2D eigenvalue weighted by molar-refractivity contribution is 5.91. The number of allylic oxidation sites excluding steroid dienone is 3. The standard InChI is InChI=1S/C46H80N2O13/c1-13-36-33(24-57-46-44(56-12)43(55-11)40(53)31(8)59-46)19-25(2)14-15-34(49)28(5)20-32(16-17-48-22-26(3)18-27(4)23-48)42(29(6)35(50)21-37(51)60-36)61-45-41(54)38(47(9)10)39(52)30(7)58-45/h14-15,19,26-33,35-36,38-46,50,52-54H,13,16-18,20-24H2,1-12H3/b15-14-,25-19+/t26-,27+,28-,29-,30-,31-,32+,33-,35-,36-,38+,39-,40-,41-,42-,43-,44-,45+,46-/m1/s1. The molecular weight excluding hydrogens is 789 g/mol. The van der Waals surface area contributed by atoms with Crippen LogP contribution in [0.3, 0.4) is 0 Å². The number of rotatable bonds is 12. The summed E-state index contributed by atoms with van der Waals surface area (Å²) >= 11 is 0. The van der Waals surface area contributed by atoms with Gasteiger partial charge in [0.15, 0.2) is 18.4 Å². The van der Waals surface area contributed by atoms with Gasteiger partial charge in [-0.15, -0.1) is 0 Å². The van der Waals surface area contributed by atoms with E-state index >= 15 is 0 Å². The van der Waals surface area contributed by atoms with Crippen molar-refractivity contribution in [3.63, 3.8) is 0 Å². The Balaban J connectivity index is 1.68. The number of aliphatic hydroxyl groups is 4. The first kappa shape index (κ1) is 51.8. The fraction of sp³-hybridized carbons (Fsp3) is 0.870. The molecule has 0 saturated carbocycles. The fourth-order valence-corrected chi connectivity index (χ4v) is 10.0. The number of likely N-dealkylation sites (N-methyl/N-ethyl adjacent to an activating group) is 1. The van der Waals surface area contributed by atoms with E-state index in [9.17, 15) is 30.0 Å². The van der Waals surface area contributed by atoms with Gasteiger partial charge in [-0.3, -0.25) is 9.59 Å². The molecule has 0 aromatic heterocycles. The Bertz CT molecular complexity index is 1420. The van der Waals surface area contributed by atoms with E-state index < -0.39 is 103 Å². The molecular formula is C46H80N2O13. The third-order valence-corrected chi connectivity index (χ3v) is 13.5. The van der Waals surface area contributed by atoms with Crippen molar-refractivity contribution in [2.24, 2.45) is 35.5 Å². The number of esters is 1. The van der Waals surface area contributed by atoms with Crippen LogP contribution in [0, 0.1) is 35.5 Å². The second kappa shape index (κ2) is 23.9. The Morgan fingerprint density at radius 2 is 1.44 bits per heavy atom. The van der Waals surface area contributed by atoms with E-state index in [0.29, 0.717) is 31.1 Å². The summed E-state index contributed by atoms with van der Waals surface area (Å²) in [7, 11) is 6.54. The summed E-state index contributed by atoms with van der Waals surface area (Å²) in [6.07, 6.45) is -2.96. The predicted molar refractivity (Wildman–Crippen MR) is 229 cm³/mol. The number of piperidine rings is 1. The lowest BCUT2D eigenvalue weighted by molar-refractivity contribution is -0.304. The predicted octanol–water partition coefficient (Wildman–Crippen LogP) is 3.34. The minimum absolute atomic E-state index is 0.0427. The number of ketones is 1. The molecule has 0 aromatic rings. The number of aliphatic hydroxyl groups excluding tert-OH is 4. The zero-order valence-corrected chi connectivity index (χ0v) is 38.9. The monoisotopic (exact) mass is 869 g/mol. The van der Waals surface area contributed by atoms with Crippen molar-refractivity contribution in [3.8, 4) is 0 Å². The van der Waals surface area contributed by atoms with Crippen molar-refractivity contribution >= 4 is 11.8 Å². The van der Waals surface area contributed by atoms with Crippen LogP contribution in [-0.4, -0.2) is 176 Å². The molecule has 0 radical (unpaired) electrons. The van der Waals surface area contributed by atoms with Crippen molar-refractivity contribution < 1.29 is 63.2 Å². The highest BCUT2D eigenvalue weighted by Gasteiger charge is 2.48. The van der Waals surface area contributed by atoms with Crippen molar-refractivity contribution in [1.82, 2.24) is 9.80 Å². The molecule has 0 unspecified atom stereocenters. The van der Waals surface area contributed by atoms with Crippen LogP contribution in [0.5, 0.6) is 0 Å². The zero-order chi connectivity index (χ0) is 45.3. The van der Waals surface area contributed by atoms with E-state index in [1.165, 1.54) is 20.6 Å². The average Bonchev–Trinajstić information content (AvgIpc) is 3.19. The Morgan fingerprint density at radius 3 is 2.05 bits per heavy atom. The van der Waals surface area contributed by atoms with Gasteiger partial charge in [-0.05, 0) is 90.9 Å². The van der Waals surface area contributed by atoms with Gasteiger partial charge in [0.25, 0.3) is 0 Å². The van der Waals surface area contributed by atoms with Gasteiger partial charge in [0.1, 0.15) is 30.5 Å². The Hall–Kier alpha value is -1.86. The van der Waals surface area contributed by atoms with Crippen LogP contribution in [0.2, 0.25) is 0 Å². The third kappa shape index (κ3) is 13.8. The van der Waals surface area contributed by atoms with Crippen molar-refractivity contribution in [1.29, 1.82) is 0 Å². The number of nitrogens with zero attached hydrogens (tertiary/aromatic N) is 2. The number of hydrogen-bond donors (Lipinski definition) is 4. The number of likely N-dealkylation sites (tertiary alicyclic amines) is 1. The summed E-state index contributed by atoms with van der Waals surface area (Å²) in [6.45, 7) is 18.2. The van der Waals surface area contributed by atoms with Crippen LogP contribution in [0.15, 0.2) is 23.8 Å². The Morgan fingerprint density at radius 1 is 0.820 bits per heavy atom. The second-order valence-corrected chi connectivity index (χ2v) is 18.9. The Kier molecular flexibility index (Phi) is 20.3. The van der Waals surface area contributed by atoms with Gasteiger partial charge >= 0.3 is 5.97 Å². The molecule has 0 aliphatic carbocycles. The maximum absolute atomic E-state index is 14.0. The molecule has 4 aliphatic rings. The average molecular weight is 869 g/mol. The van der Waals surface area contributed by atoms with E-state index in [4.69, 9.17) is 33.2 Å². The van der Waals surface area contributed by atoms with Gasteiger partial charge in [-0.2, -0.15) is 0 Å². The van der Waals surface area contributed by atoms with Gasteiger partial charge in [0.2, 0.25) is 0 Å². The highest BCUT2D eigenvalue weighted by Crippen LogP contribution is 2.36. The molecule has 0 amide bonds. The Labute approximate surface area is 365 Å². The molecule has 4 heterocycles. The van der Waals surface area contributed by atoms with E-state index in [1.54, 1.807) is 45.0 Å². The van der Waals surface area contributed by atoms with Gasteiger partial charge in [-0.1, -0.05) is 52.3 Å². The summed E-state index contributed by atoms with van der Waals surface area (Å²) in [5, 5.41) is 45.3. The molecule has 3 fully saturated rings. The van der Waals surface area contributed by atoms with Crippen molar-refractivity contribution in [2.45, 2.75) is 167 Å². The molecule has 352 valence electrons. The molecule has 0 bridgehead atoms. The summed E-state index contributed by atoms with van der Waals surface area (Å²) < 4.78 is 42.6. The molecule has 4 aliphatic heterocycles. The number of carbonyl (C=O) groups is 2. The number of carbonyl (C=O) groups excluding carboxylic acids is 2. The molecule has 0 aromatic carbocycles. The van der Waals surface area contributed by atoms with Crippen LogP contribution in [0.25, 0.3) is 0 Å². The molecule has 15 nitrogen and oxygen atoms in total. The van der Waals surface area contributed by atoms with Crippen molar-refractivity contribution in [2.75, 3.05) is 54.6 Å².